The van der Waals surface area contributed by atoms with Gasteiger partial charge in [0.25, 0.3) is 5.91 Å². The van der Waals surface area contributed by atoms with Crippen LogP contribution < -0.4 is 11.1 Å². The number of rotatable bonds is 7. The second-order valence-corrected chi connectivity index (χ2v) is 4.55. The van der Waals surface area contributed by atoms with Gasteiger partial charge in [-0.05, 0) is 30.2 Å². The van der Waals surface area contributed by atoms with E-state index in [9.17, 15) is 4.79 Å². The number of hydrogen-bond donors (Lipinski definition) is 2. The lowest BCUT2D eigenvalue weighted by molar-refractivity contribution is 0.0995. The van der Waals surface area contributed by atoms with Crippen molar-refractivity contribution in [1.82, 2.24) is 4.98 Å². The van der Waals surface area contributed by atoms with Gasteiger partial charge in [0.1, 0.15) is 5.69 Å². The molecular weight excluding hydrogens is 266 g/mol. The minimum atomic E-state index is -0.532. The van der Waals surface area contributed by atoms with Gasteiger partial charge in [0.2, 0.25) is 0 Å². The Bertz CT molecular complexity index is 614. The van der Waals surface area contributed by atoms with Crippen molar-refractivity contribution in [2.24, 2.45) is 5.73 Å². The largest absolute Gasteiger partial charge is 0.381 e. The third-order valence-corrected chi connectivity index (χ3v) is 3.08. The zero-order chi connectivity index (χ0) is 15.1. The Morgan fingerprint density at radius 2 is 2.05 bits per heavy atom. The van der Waals surface area contributed by atoms with E-state index in [0.29, 0.717) is 19.8 Å². The Labute approximate surface area is 124 Å². The van der Waals surface area contributed by atoms with Gasteiger partial charge in [-0.1, -0.05) is 24.3 Å². The first-order valence-corrected chi connectivity index (χ1v) is 6.85. The third kappa shape index (κ3) is 4.29. The fraction of sp³-hybridized carbons (Fsp3) is 0.250. The normalized spacial score (nSPS) is 10.3. The van der Waals surface area contributed by atoms with E-state index in [0.717, 1.165) is 16.8 Å². The topological polar surface area (TPSA) is 77.2 Å². The summed E-state index contributed by atoms with van der Waals surface area (Å²) in [5.41, 5.74) is 8.59. The maximum atomic E-state index is 11.1. The molecule has 0 atom stereocenters. The fourth-order valence-corrected chi connectivity index (χ4v) is 1.96. The highest BCUT2D eigenvalue weighted by atomic mass is 16.5. The van der Waals surface area contributed by atoms with Crippen LogP contribution in [0.1, 0.15) is 28.5 Å². The van der Waals surface area contributed by atoms with Gasteiger partial charge in [-0.25, -0.2) is 0 Å². The maximum Gasteiger partial charge on any atom is 0.267 e. The number of carbonyl (C=O) groups is 1. The fourth-order valence-electron chi connectivity index (χ4n) is 1.96. The molecule has 0 aliphatic rings. The molecule has 21 heavy (non-hydrogen) atoms. The molecule has 1 aromatic heterocycles. The minimum absolute atomic E-state index is 0.252. The van der Waals surface area contributed by atoms with Crippen molar-refractivity contribution >= 4 is 11.6 Å². The van der Waals surface area contributed by atoms with Gasteiger partial charge >= 0.3 is 0 Å². The number of benzene rings is 1. The van der Waals surface area contributed by atoms with Crippen LogP contribution in [0.3, 0.4) is 0 Å². The molecule has 0 aliphatic heterocycles. The Morgan fingerprint density at radius 3 is 2.76 bits per heavy atom. The van der Waals surface area contributed by atoms with E-state index in [1.807, 2.05) is 25.1 Å². The molecule has 5 heteroatoms. The van der Waals surface area contributed by atoms with Crippen LogP contribution in [0.15, 0.2) is 42.6 Å². The number of carbonyl (C=O) groups excluding carboxylic acids is 1. The molecular formula is C16H19N3O2. The van der Waals surface area contributed by atoms with Gasteiger partial charge < -0.3 is 15.8 Å². The number of anilines is 1. The number of primary amides is 1. The van der Waals surface area contributed by atoms with E-state index in [-0.39, 0.29) is 5.69 Å². The van der Waals surface area contributed by atoms with Crippen molar-refractivity contribution in [2.45, 2.75) is 20.1 Å². The van der Waals surface area contributed by atoms with Crippen molar-refractivity contribution < 1.29 is 9.53 Å². The number of nitrogens with two attached hydrogens (primary N) is 1. The van der Waals surface area contributed by atoms with Crippen LogP contribution in [0.4, 0.5) is 5.69 Å². The van der Waals surface area contributed by atoms with E-state index >= 15 is 0 Å². The number of nitrogens with one attached hydrogen (secondary N) is 1. The molecule has 0 radical (unpaired) electrons. The van der Waals surface area contributed by atoms with Crippen LogP contribution in [-0.4, -0.2) is 17.5 Å². The van der Waals surface area contributed by atoms with Crippen molar-refractivity contribution in [3.63, 3.8) is 0 Å². The first-order valence-electron chi connectivity index (χ1n) is 6.85. The Morgan fingerprint density at radius 1 is 1.29 bits per heavy atom. The number of hydrogen-bond acceptors (Lipinski definition) is 4. The van der Waals surface area contributed by atoms with Crippen LogP contribution in [0.5, 0.6) is 0 Å². The summed E-state index contributed by atoms with van der Waals surface area (Å²) in [5, 5.41) is 3.27. The zero-order valence-electron chi connectivity index (χ0n) is 12.0. The number of pyridine rings is 1. The van der Waals surface area contributed by atoms with Gasteiger partial charge in [0.05, 0.1) is 6.61 Å². The molecule has 0 saturated heterocycles. The number of ether oxygens (including phenoxy) is 1. The Balaban J connectivity index is 2.06. The lowest BCUT2D eigenvalue weighted by Crippen LogP contribution is -2.13. The molecule has 0 spiro atoms. The van der Waals surface area contributed by atoms with Crippen LogP contribution in [-0.2, 0) is 17.9 Å². The van der Waals surface area contributed by atoms with Crippen molar-refractivity contribution in [1.29, 1.82) is 0 Å². The van der Waals surface area contributed by atoms with Crippen LogP contribution in [0.25, 0.3) is 0 Å². The summed E-state index contributed by atoms with van der Waals surface area (Å²) in [6.07, 6.45) is 1.56. The van der Waals surface area contributed by atoms with Crippen molar-refractivity contribution in [2.75, 3.05) is 11.9 Å². The number of aromatic nitrogens is 1. The molecule has 2 rings (SSSR count). The van der Waals surface area contributed by atoms with Crippen LogP contribution in [0, 0.1) is 0 Å². The van der Waals surface area contributed by atoms with E-state index < -0.39 is 5.91 Å². The highest BCUT2D eigenvalue weighted by molar-refractivity contribution is 5.91. The Kier molecular flexibility index (Phi) is 5.29. The summed E-state index contributed by atoms with van der Waals surface area (Å²) < 4.78 is 5.46. The quantitative estimate of drug-likeness (QED) is 0.818. The third-order valence-electron chi connectivity index (χ3n) is 3.08. The number of amides is 1. The lowest BCUT2D eigenvalue weighted by atomic mass is 10.1. The second-order valence-electron chi connectivity index (χ2n) is 4.55. The first-order chi connectivity index (χ1) is 10.2. The molecule has 5 nitrogen and oxygen atoms in total. The average molecular weight is 285 g/mol. The van der Waals surface area contributed by atoms with E-state index in [2.05, 4.69) is 16.4 Å². The lowest BCUT2D eigenvalue weighted by Gasteiger charge is -2.11. The van der Waals surface area contributed by atoms with Gasteiger partial charge in [-0.15, -0.1) is 0 Å². The molecule has 0 unspecified atom stereocenters. The van der Waals surface area contributed by atoms with E-state index in [1.165, 1.54) is 0 Å². The van der Waals surface area contributed by atoms with E-state index in [4.69, 9.17) is 10.5 Å². The Hall–Kier alpha value is -2.40. The standard InChI is InChI=1S/C16H19N3O2/c1-2-21-11-13-6-4-3-5-12(13)10-19-14-7-8-18-15(9-14)16(17)20/h3-9H,2,10-11H2,1H3,(H2,17,20)(H,18,19). The van der Waals surface area contributed by atoms with Gasteiger partial charge in [0.15, 0.2) is 0 Å². The van der Waals surface area contributed by atoms with Gasteiger partial charge in [0, 0.05) is 25.0 Å². The highest BCUT2D eigenvalue weighted by Gasteiger charge is 2.04. The summed E-state index contributed by atoms with van der Waals surface area (Å²) >= 11 is 0. The van der Waals surface area contributed by atoms with Crippen molar-refractivity contribution in [3.8, 4) is 0 Å². The molecule has 0 fully saturated rings. The molecule has 2 aromatic rings. The second kappa shape index (κ2) is 7.40. The number of nitrogens with zero attached hydrogens (tertiary/aromatic N) is 1. The molecule has 110 valence electrons. The average Bonchev–Trinajstić information content (AvgIpc) is 2.52. The molecule has 1 aromatic carbocycles. The summed E-state index contributed by atoms with van der Waals surface area (Å²) in [7, 11) is 0. The van der Waals surface area contributed by atoms with Crippen LogP contribution in [0.2, 0.25) is 0 Å². The molecule has 0 saturated carbocycles. The predicted octanol–water partition coefficient (Wildman–Crippen LogP) is 2.33. The molecule has 1 amide bonds. The van der Waals surface area contributed by atoms with Gasteiger partial charge in [-0.2, -0.15) is 0 Å². The smallest absolute Gasteiger partial charge is 0.267 e. The van der Waals surface area contributed by atoms with Crippen molar-refractivity contribution in [3.05, 3.63) is 59.4 Å². The maximum absolute atomic E-state index is 11.1. The predicted molar refractivity (Wildman–Crippen MR) is 81.9 cm³/mol. The molecule has 0 bridgehead atoms. The summed E-state index contributed by atoms with van der Waals surface area (Å²) in [6, 6.07) is 11.5. The van der Waals surface area contributed by atoms with Crippen LogP contribution >= 0.6 is 0 Å². The first kappa shape index (κ1) is 15.0. The summed E-state index contributed by atoms with van der Waals surface area (Å²) in [4.78, 5) is 15.0. The SMILES string of the molecule is CCOCc1ccccc1CNc1ccnc(C(N)=O)c1. The minimum Gasteiger partial charge on any atom is -0.381 e. The molecule has 1 heterocycles. The molecule has 0 aliphatic carbocycles. The summed E-state index contributed by atoms with van der Waals surface area (Å²) in [5.74, 6) is -0.532. The zero-order valence-corrected chi connectivity index (χ0v) is 12.0. The van der Waals surface area contributed by atoms with Gasteiger partial charge in [-0.3, -0.25) is 9.78 Å². The highest BCUT2D eigenvalue weighted by Crippen LogP contribution is 2.14. The molecule has 3 N–H and O–H groups in total. The van der Waals surface area contributed by atoms with E-state index in [1.54, 1.807) is 18.3 Å². The monoisotopic (exact) mass is 285 g/mol. The summed E-state index contributed by atoms with van der Waals surface area (Å²) in [6.45, 7) is 3.90.